The summed E-state index contributed by atoms with van der Waals surface area (Å²) in [7, 11) is -3.73. The van der Waals surface area contributed by atoms with Crippen LogP contribution in [-0.2, 0) is 20.2 Å². The molecule has 0 aromatic heterocycles. The van der Waals surface area contributed by atoms with Crippen molar-refractivity contribution < 1.29 is 18.0 Å². The highest BCUT2D eigenvalue weighted by Gasteiger charge is 2.45. The minimum atomic E-state index is -3.73. The molecule has 1 aliphatic heterocycles. The number of benzene rings is 2. The van der Waals surface area contributed by atoms with Gasteiger partial charge in [0.1, 0.15) is 0 Å². The van der Waals surface area contributed by atoms with Crippen molar-refractivity contribution in [2.45, 2.75) is 42.9 Å². The molecule has 0 unspecified atom stereocenters. The van der Waals surface area contributed by atoms with Crippen LogP contribution in [0.4, 0.5) is 0 Å². The number of Topliss-reactive ketones (excluding diaryl/α,β-unsaturated/α-hetero) is 1. The molecule has 2 aromatic rings. The molecule has 4 rings (SSSR count). The van der Waals surface area contributed by atoms with Crippen LogP contribution in [0.15, 0.2) is 53.4 Å². The molecule has 32 heavy (non-hydrogen) atoms. The first kappa shape index (κ1) is 23.0. The van der Waals surface area contributed by atoms with E-state index in [0.717, 1.165) is 31.2 Å². The summed E-state index contributed by atoms with van der Waals surface area (Å²) >= 11 is 6.05. The molecule has 170 valence electrons. The summed E-state index contributed by atoms with van der Waals surface area (Å²) in [6.45, 7) is 2.57. The molecule has 2 fully saturated rings. The maximum atomic E-state index is 13.6. The van der Waals surface area contributed by atoms with Crippen molar-refractivity contribution in [3.05, 3.63) is 64.7 Å². The molecule has 0 N–H and O–H groups in total. The number of nitrogens with zero attached hydrogens (tertiary/aromatic N) is 2. The largest absolute Gasteiger partial charge is 0.339 e. The first-order chi connectivity index (χ1) is 15.2. The van der Waals surface area contributed by atoms with Gasteiger partial charge in [0.25, 0.3) is 0 Å². The Kier molecular flexibility index (Phi) is 6.43. The Hall–Kier alpha value is -2.22. The SMILES string of the molecule is CC(=O)c1cccc(S(=O)(=O)N2CCN(C(=O)C3(c4ccc(Cl)cc4)CCCC3)CC2)c1. The van der Waals surface area contributed by atoms with E-state index in [-0.39, 0.29) is 29.7 Å². The predicted octanol–water partition coefficient (Wildman–Crippen LogP) is 3.89. The van der Waals surface area contributed by atoms with Crippen LogP contribution in [0.2, 0.25) is 5.02 Å². The fourth-order valence-electron chi connectivity index (χ4n) is 4.83. The van der Waals surface area contributed by atoms with Gasteiger partial charge < -0.3 is 4.90 Å². The highest BCUT2D eigenvalue weighted by molar-refractivity contribution is 7.89. The van der Waals surface area contributed by atoms with Gasteiger partial charge in [0.15, 0.2) is 5.78 Å². The second-order valence-electron chi connectivity index (χ2n) is 8.58. The van der Waals surface area contributed by atoms with Gasteiger partial charge >= 0.3 is 0 Å². The van der Waals surface area contributed by atoms with E-state index in [1.54, 1.807) is 17.0 Å². The van der Waals surface area contributed by atoms with Gasteiger partial charge in [-0.05, 0) is 49.6 Å². The number of halogens is 1. The van der Waals surface area contributed by atoms with Crippen LogP contribution in [0.3, 0.4) is 0 Å². The zero-order chi connectivity index (χ0) is 22.9. The van der Waals surface area contributed by atoms with Gasteiger partial charge in [-0.1, -0.05) is 48.7 Å². The van der Waals surface area contributed by atoms with E-state index in [4.69, 9.17) is 11.6 Å². The van der Waals surface area contributed by atoms with Crippen molar-refractivity contribution in [2.75, 3.05) is 26.2 Å². The monoisotopic (exact) mass is 474 g/mol. The Morgan fingerprint density at radius 1 is 0.938 bits per heavy atom. The molecule has 1 aliphatic carbocycles. The molecule has 1 amide bonds. The smallest absolute Gasteiger partial charge is 0.243 e. The number of piperazine rings is 1. The van der Waals surface area contributed by atoms with Crippen molar-refractivity contribution in [1.29, 1.82) is 0 Å². The summed E-state index contributed by atoms with van der Waals surface area (Å²) in [6, 6.07) is 13.6. The first-order valence-electron chi connectivity index (χ1n) is 10.9. The second kappa shape index (κ2) is 8.96. The van der Waals surface area contributed by atoms with Crippen LogP contribution in [0.25, 0.3) is 0 Å². The van der Waals surface area contributed by atoms with E-state index in [1.807, 2.05) is 24.3 Å². The van der Waals surface area contributed by atoms with Crippen LogP contribution in [0.1, 0.15) is 48.5 Å². The first-order valence-corrected chi connectivity index (χ1v) is 12.7. The molecule has 0 spiro atoms. The number of carbonyl (C=O) groups excluding carboxylic acids is 2. The van der Waals surface area contributed by atoms with E-state index in [1.165, 1.54) is 23.4 Å². The number of hydrogen-bond donors (Lipinski definition) is 0. The van der Waals surface area contributed by atoms with Crippen molar-refractivity contribution in [1.82, 2.24) is 9.21 Å². The Morgan fingerprint density at radius 2 is 1.56 bits per heavy atom. The van der Waals surface area contributed by atoms with Crippen molar-refractivity contribution in [2.24, 2.45) is 0 Å². The van der Waals surface area contributed by atoms with E-state index in [9.17, 15) is 18.0 Å². The molecule has 1 saturated carbocycles. The van der Waals surface area contributed by atoms with Gasteiger partial charge in [-0.25, -0.2) is 8.42 Å². The lowest BCUT2D eigenvalue weighted by Gasteiger charge is -2.39. The quantitative estimate of drug-likeness (QED) is 0.616. The lowest BCUT2D eigenvalue weighted by molar-refractivity contribution is -0.138. The van der Waals surface area contributed by atoms with Gasteiger partial charge in [0, 0.05) is 36.8 Å². The van der Waals surface area contributed by atoms with Crippen LogP contribution in [0.5, 0.6) is 0 Å². The fraction of sp³-hybridized carbons (Fsp3) is 0.417. The molecule has 2 aromatic carbocycles. The van der Waals surface area contributed by atoms with Gasteiger partial charge in [0.2, 0.25) is 15.9 Å². The number of ketones is 1. The highest BCUT2D eigenvalue weighted by Crippen LogP contribution is 2.43. The molecule has 0 atom stereocenters. The zero-order valence-corrected chi connectivity index (χ0v) is 19.7. The Morgan fingerprint density at radius 3 is 2.16 bits per heavy atom. The zero-order valence-electron chi connectivity index (χ0n) is 18.1. The Labute approximate surface area is 194 Å². The molecule has 6 nitrogen and oxygen atoms in total. The van der Waals surface area contributed by atoms with E-state index < -0.39 is 15.4 Å². The third-order valence-electron chi connectivity index (χ3n) is 6.67. The molecule has 0 radical (unpaired) electrons. The lowest BCUT2D eigenvalue weighted by atomic mass is 9.77. The minimum Gasteiger partial charge on any atom is -0.339 e. The summed E-state index contributed by atoms with van der Waals surface area (Å²) in [4.78, 5) is 27.2. The van der Waals surface area contributed by atoms with Gasteiger partial charge in [0.05, 0.1) is 10.3 Å². The molecular weight excluding hydrogens is 448 g/mol. The van der Waals surface area contributed by atoms with Gasteiger partial charge in [-0.2, -0.15) is 4.31 Å². The third kappa shape index (κ3) is 4.21. The molecular formula is C24H27ClN2O4S. The van der Waals surface area contributed by atoms with E-state index in [2.05, 4.69) is 0 Å². The summed E-state index contributed by atoms with van der Waals surface area (Å²) in [5, 5.41) is 0.641. The van der Waals surface area contributed by atoms with Crippen LogP contribution < -0.4 is 0 Å². The molecule has 8 heteroatoms. The molecule has 1 heterocycles. The number of carbonyl (C=O) groups is 2. The number of sulfonamides is 1. The lowest BCUT2D eigenvalue weighted by Crippen LogP contribution is -2.55. The average molecular weight is 475 g/mol. The summed E-state index contributed by atoms with van der Waals surface area (Å²) in [5.74, 6) is -0.102. The van der Waals surface area contributed by atoms with Gasteiger partial charge in [-0.15, -0.1) is 0 Å². The van der Waals surface area contributed by atoms with Crippen molar-refractivity contribution >= 4 is 33.3 Å². The number of hydrogen-bond acceptors (Lipinski definition) is 4. The van der Waals surface area contributed by atoms with Crippen molar-refractivity contribution in [3.63, 3.8) is 0 Å². The molecule has 1 saturated heterocycles. The summed E-state index contributed by atoms with van der Waals surface area (Å²) in [6.07, 6.45) is 3.58. The fourth-order valence-corrected chi connectivity index (χ4v) is 6.43. The maximum absolute atomic E-state index is 13.6. The summed E-state index contributed by atoms with van der Waals surface area (Å²) in [5.41, 5.74) is 0.799. The highest BCUT2D eigenvalue weighted by atomic mass is 35.5. The van der Waals surface area contributed by atoms with Crippen LogP contribution >= 0.6 is 11.6 Å². The Balaban J connectivity index is 1.50. The third-order valence-corrected chi connectivity index (χ3v) is 8.81. The average Bonchev–Trinajstić information content (AvgIpc) is 3.30. The van der Waals surface area contributed by atoms with Gasteiger partial charge in [-0.3, -0.25) is 9.59 Å². The van der Waals surface area contributed by atoms with E-state index in [0.29, 0.717) is 23.7 Å². The minimum absolute atomic E-state index is 0.0768. The normalized spacial score (nSPS) is 19.1. The topological polar surface area (TPSA) is 74.8 Å². The maximum Gasteiger partial charge on any atom is 0.243 e. The number of rotatable bonds is 5. The molecule has 0 bridgehead atoms. The summed E-state index contributed by atoms with van der Waals surface area (Å²) < 4.78 is 27.6. The standard InChI is InChI=1S/C24H27ClN2O4S/c1-18(28)19-5-4-6-22(17-19)32(30,31)27-15-13-26(14-16-27)23(29)24(11-2-3-12-24)20-7-9-21(25)10-8-20/h4-10,17H,2-3,11-16H2,1H3. The second-order valence-corrected chi connectivity index (χ2v) is 11.0. The van der Waals surface area contributed by atoms with E-state index >= 15 is 0 Å². The predicted molar refractivity (Wildman–Crippen MR) is 123 cm³/mol. The van der Waals surface area contributed by atoms with Crippen molar-refractivity contribution in [3.8, 4) is 0 Å². The van der Waals surface area contributed by atoms with Crippen LogP contribution in [-0.4, -0.2) is 55.5 Å². The van der Waals surface area contributed by atoms with Crippen LogP contribution in [0, 0.1) is 0 Å². The number of amides is 1. The Bertz CT molecular complexity index is 1120. The molecule has 2 aliphatic rings.